The van der Waals surface area contributed by atoms with Gasteiger partial charge in [-0.1, -0.05) is 135 Å². The van der Waals surface area contributed by atoms with E-state index in [1.165, 1.54) is 60.9 Å². The summed E-state index contributed by atoms with van der Waals surface area (Å²) < 4.78 is 2.48. The molecule has 2 nitrogen and oxygen atoms in total. The van der Waals surface area contributed by atoms with Crippen LogP contribution in [-0.2, 0) is 5.41 Å². The van der Waals surface area contributed by atoms with E-state index < -0.39 is 0 Å². The van der Waals surface area contributed by atoms with Crippen LogP contribution in [0.2, 0.25) is 0 Å². The molecule has 0 saturated carbocycles. The van der Waals surface area contributed by atoms with Gasteiger partial charge in [-0.25, -0.2) is 4.99 Å². The minimum absolute atomic E-state index is 0.0642. The fraction of sp³-hybridized carbons (Fsp3) is 0.128. The van der Waals surface area contributed by atoms with Gasteiger partial charge in [0.1, 0.15) is 0 Å². The fourth-order valence-electron chi connectivity index (χ4n) is 8.04. The van der Waals surface area contributed by atoms with Crippen molar-refractivity contribution in [3.63, 3.8) is 0 Å². The Morgan fingerprint density at radius 1 is 0.571 bits per heavy atom. The number of nitrogens with zero attached hydrogens (tertiary/aromatic N) is 2. The maximum atomic E-state index is 5.33. The number of para-hydroxylation sites is 1. The minimum Gasteiger partial charge on any atom is -0.309 e. The van der Waals surface area contributed by atoms with Crippen molar-refractivity contribution >= 4 is 38.8 Å². The van der Waals surface area contributed by atoms with Crippen LogP contribution in [0.1, 0.15) is 60.9 Å². The molecule has 1 aromatic heterocycles. The molecule has 2 heterocycles. The maximum absolute atomic E-state index is 5.33. The third kappa shape index (κ3) is 4.98. The van der Waals surface area contributed by atoms with E-state index in [4.69, 9.17) is 4.99 Å². The van der Waals surface area contributed by atoms with E-state index in [9.17, 15) is 0 Å². The van der Waals surface area contributed by atoms with E-state index in [1.54, 1.807) is 0 Å². The number of benzene rings is 6. The van der Waals surface area contributed by atoms with Crippen LogP contribution in [0.4, 0.5) is 0 Å². The zero-order valence-electron chi connectivity index (χ0n) is 28.0. The molecule has 0 atom stereocenters. The highest BCUT2D eigenvalue weighted by Crippen LogP contribution is 2.51. The smallest absolute Gasteiger partial charge is 0.0712 e. The quantitative estimate of drug-likeness (QED) is 0.184. The number of aromatic nitrogens is 1. The molecule has 6 aromatic carbocycles. The summed E-state index contributed by atoms with van der Waals surface area (Å²) in [6.07, 6.45) is 7.64. The van der Waals surface area contributed by atoms with Crippen molar-refractivity contribution in [2.45, 2.75) is 38.5 Å². The highest BCUT2D eigenvalue weighted by Gasteiger charge is 2.36. The van der Waals surface area contributed by atoms with E-state index in [0.717, 1.165) is 41.8 Å². The molecule has 7 aromatic rings. The van der Waals surface area contributed by atoms with Crippen molar-refractivity contribution in [2.24, 2.45) is 4.99 Å². The Balaban J connectivity index is 1.21. The molecule has 0 spiro atoms. The third-order valence-corrected chi connectivity index (χ3v) is 10.5. The van der Waals surface area contributed by atoms with E-state index >= 15 is 0 Å². The van der Waals surface area contributed by atoms with Crippen LogP contribution in [0.3, 0.4) is 0 Å². The number of allylic oxidation sites excluding steroid dienone is 3. The summed E-state index contributed by atoms with van der Waals surface area (Å²) >= 11 is 0. The first kappa shape index (κ1) is 29.4. The second-order valence-corrected chi connectivity index (χ2v) is 13.9. The first-order valence-electron chi connectivity index (χ1n) is 17.4. The molecule has 1 aliphatic carbocycles. The Kier molecular flexibility index (Phi) is 7.05. The molecular formula is C47H38N2. The maximum Gasteiger partial charge on any atom is 0.0712 e. The molecule has 1 aliphatic heterocycles. The Morgan fingerprint density at radius 2 is 1.29 bits per heavy atom. The first-order valence-corrected chi connectivity index (χ1v) is 17.4. The summed E-state index contributed by atoms with van der Waals surface area (Å²) in [7, 11) is 0. The van der Waals surface area contributed by atoms with Crippen LogP contribution in [0.15, 0.2) is 163 Å². The molecule has 0 radical (unpaired) electrons. The van der Waals surface area contributed by atoms with E-state index in [-0.39, 0.29) is 5.41 Å². The van der Waals surface area contributed by atoms with Gasteiger partial charge in [-0.2, -0.15) is 0 Å². The SMILES string of the molecule is CC1(C)c2ccccc2-c2cc3c4ccccc4n(-c4cccc(/C5=C/C(c6ccccc6)=N\C(c6ccccc6)=C/CCC5)c4)c3cc21. The van der Waals surface area contributed by atoms with Crippen molar-refractivity contribution in [2.75, 3.05) is 0 Å². The van der Waals surface area contributed by atoms with Gasteiger partial charge in [-0.15, -0.1) is 0 Å². The first-order chi connectivity index (χ1) is 24.1. The molecule has 0 amide bonds. The zero-order valence-corrected chi connectivity index (χ0v) is 28.0. The Labute approximate surface area is 288 Å². The number of rotatable bonds is 4. The van der Waals surface area contributed by atoms with Gasteiger partial charge in [0.15, 0.2) is 0 Å². The minimum atomic E-state index is -0.0642. The summed E-state index contributed by atoms with van der Waals surface area (Å²) in [5.41, 5.74) is 16.0. The molecule has 0 N–H and O–H groups in total. The zero-order chi connectivity index (χ0) is 33.0. The van der Waals surface area contributed by atoms with Crippen molar-refractivity contribution < 1.29 is 0 Å². The molecule has 2 aliphatic rings. The van der Waals surface area contributed by atoms with Gasteiger partial charge >= 0.3 is 0 Å². The van der Waals surface area contributed by atoms with E-state index in [0.29, 0.717) is 0 Å². The highest BCUT2D eigenvalue weighted by atomic mass is 15.0. The third-order valence-electron chi connectivity index (χ3n) is 10.5. The molecular weight excluding hydrogens is 593 g/mol. The normalized spacial score (nSPS) is 18.6. The highest BCUT2D eigenvalue weighted by molar-refractivity contribution is 6.14. The molecule has 0 unspecified atom stereocenters. The molecule has 2 heteroatoms. The second kappa shape index (κ2) is 11.8. The lowest BCUT2D eigenvalue weighted by molar-refractivity contribution is 0.661. The molecule has 9 rings (SSSR count). The van der Waals surface area contributed by atoms with Crippen LogP contribution in [0.5, 0.6) is 0 Å². The van der Waals surface area contributed by atoms with Crippen LogP contribution in [0, 0.1) is 0 Å². The average Bonchev–Trinajstić information content (AvgIpc) is 3.63. The lowest BCUT2D eigenvalue weighted by Gasteiger charge is -2.21. The number of fused-ring (bicyclic) bond motifs is 6. The number of hydrogen-bond donors (Lipinski definition) is 0. The van der Waals surface area contributed by atoms with Crippen molar-refractivity contribution in [3.05, 3.63) is 186 Å². The Morgan fingerprint density at radius 3 is 2.12 bits per heavy atom. The topological polar surface area (TPSA) is 17.3 Å². The summed E-state index contributed by atoms with van der Waals surface area (Å²) in [6.45, 7) is 4.73. The van der Waals surface area contributed by atoms with Gasteiger partial charge in [0.05, 0.1) is 22.4 Å². The molecule has 236 valence electrons. The van der Waals surface area contributed by atoms with Gasteiger partial charge in [0.2, 0.25) is 0 Å². The van der Waals surface area contributed by atoms with E-state index in [2.05, 4.69) is 176 Å². The number of aliphatic imine (C=N–C) groups is 1. The van der Waals surface area contributed by atoms with Gasteiger partial charge in [-0.3, -0.25) is 0 Å². The lowest BCUT2D eigenvalue weighted by atomic mass is 9.82. The van der Waals surface area contributed by atoms with Crippen molar-refractivity contribution in [1.29, 1.82) is 0 Å². The van der Waals surface area contributed by atoms with E-state index in [1.807, 2.05) is 0 Å². The lowest BCUT2D eigenvalue weighted by Crippen LogP contribution is -2.14. The second-order valence-electron chi connectivity index (χ2n) is 13.9. The Hall–Kier alpha value is -5.73. The molecule has 49 heavy (non-hydrogen) atoms. The van der Waals surface area contributed by atoms with Crippen LogP contribution < -0.4 is 0 Å². The van der Waals surface area contributed by atoms with Gasteiger partial charge in [0.25, 0.3) is 0 Å². The van der Waals surface area contributed by atoms with Crippen LogP contribution in [-0.4, -0.2) is 10.3 Å². The van der Waals surface area contributed by atoms with Gasteiger partial charge in [-0.05, 0) is 94.6 Å². The molecule has 0 saturated heterocycles. The molecule has 0 fully saturated rings. The summed E-state index contributed by atoms with van der Waals surface area (Å²) in [5.74, 6) is 0. The van der Waals surface area contributed by atoms with Gasteiger partial charge < -0.3 is 4.57 Å². The van der Waals surface area contributed by atoms with Crippen molar-refractivity contribution in [1.82, 2.24) is 4.57 Å². The average molecular weight is 631 g/mol. The summed E-state index contributed by atoms with van der Waals surface area (Å²) in [4.78, 5) is 5.33. The standard InChI is InChI=1S/C47H38N2/c1-47(2)41-25-12-10-23-37(41)39-30-40-38-24-11-14-27-45(38)49(46(40)31-42(39)47)36-22-15-21-34(28-36)35-20-9-13-26-43(32-16-5-3-6-17-32)48-44(29-35)33-18-7-4-8-19-33/h3-8,10-12,14-19,21-31H,9,13,20H2,1-2H3/b35-29+,43-26-,48-44+. The number of hydrogen-bond acceptors (Lipinski definition) is 1. The largest absolute Gasteiger partial charge is 0.309 e. The van der Waals surface area contributed by atoms with Gasteiger partial charge in [0, 0.05) is 27.4 Å². The van der Waals surface area contributed by atoms with Crippen LogP contribution >= 0.6 is 0 Å². The summed E-state index contributed by atoms with van der Waals surface area (Å²) in [6, 6.07) is 53.0. The monoisotopic (exact) mass is 630 g/mol. The Bertz CT molecular complexity index is 2470. The van der Waals surface area contributed by atoms with Crippen molar-refractivity contribution in [3.8, 4) is 16.8 Å². The predicted octanol–water partition coefficient (Wildman–Crippen LogP) is 12.2. The predicted molar refractivity (Wildman–Crippen MR) is 208 cm³/mol. The van der Waals surface area contributed by atoms with Crippen LogP contribution in [0.25, 0.3) is 49.9 Å². The molecule has 0 bridgehead atoms. The summed E-state index contributed by atoms with van der Waals surface area (Å²) in [5, 5.41) is 2.58. The fourth-order valence-corrected chi connectivity index (χ4v) is 8.04.